The summed E-state index contributed by atoms with van der Waals surface area (Å²) in [5.74, 6) is -0.142. The lowest BCUT2D eigenvalue weighted by Crippen LogP contribution is -2.14. The van der Waals surface area contributed by atoms with Gasteiger partial charge in [-0.2, -0.15) is 5.10 Å². The minimum atomic E-state index is -0.582. The average molecular weight is 508 g/mol. The molecule has 3 N–H and O–H groups in total. The van der Waals surface area contributed by atoms with E-state index in [1.54, 1.807) is 24.7 Å². The highest BCUT2D eigenvalue weighted by Gasteiger charge is 2.21. The van der Waals surface area contributed by atoms with Crippen LogP contribution in [0.5, 0.6) is 0 Å². The minimum Gasteiger partial charge on any atom is -0.335 e. The molecule has 0 bridgehead atoms. The number of aromatic amines is 2. The van der Waals surface area contributed by atoms with Crippen LogP contribution in [0.3, 0.4) is 0 Å². The van der Waals surface area contributed by atoms with Crippen molar-refractivity contribution in [2.24, 2.45) is 5.92 Å². The summed E-state index contributed by atoms with van der Waals surface area (Å²) in [4.78, 5) is 37.0. The van der Waals surface area contributed by atoms with Crippen LogP contribution in [0.1, 0.15) is 20.3 Å². The molecule has 0 fully saturated rings. The van der Waals surface area contributed by atoms with E-state index in [4.69, 9.17) is 0 Å². The van der Waals surface area contributed by atoms with Crippen LogP contribution in [-0.2, 0) is 4.79 Å². The molecule has 188 valence electrons. The SMILES string of the molecule is CC(C)CC(=O)Nc1cncc(-c2ncc3[nH]nc(-c4nc5nccc(-c6ccncc6)c5[nH]4)c3c2F)c1. The Hall–Kier alpha value is -5.06. The fraction of sp³-hybridized carbons (Fsp3) is 0.148. The van der Waals surface area contributed by atoms with Gasteiger partial charge in [-0.1, -0.05) is 13.8 Å². The molecule has 0 radical (unpaired) electrons. The summed E-state index contributed by atoms with van der Waals surface area (Å²) in [7, 11) is 0. The Balaban J connectivity index is 1.42. The number of carbonyl (C=O) groups excluding carboxylic acids is 1. The molecule has 0 aliphatic carbocycles. The van der Waals surface area contributed by atoms with Crippen molar-refractivity contribution >= 4 is 33.7 Å². The van der Waals surface area contributed by atoms with Crippen LogP contribution in [0.2, 0.25) is 0 Å². The lowest BCUT2D eigenvalue weighted by molar-refractivity contribution is -0.116. The van der Waals surface area contributed by atoms with Gasteiger partial charge in [0, 0.05) is 42.3 Å². The van der Waals surface area contributed by atoms with Crippen molar-refractivity contribution in [3.63, 3.8) is 0 Å². The maximum atomic E-state index is 16.0. The molecule has 0 aliphatic rings. The first-order chi connectivity index (χ1) is 18.5. The lowest BCUT2D eigenvalue weighted by Gasteiger charge is -2.09. The highest BCUT2D eigenvalue weighted by molar-refractivity contribution is 5.97. The number of hydrogen-bond donors (Lipinski definition) is 3. The third-order valence-electron chi connectivity index (χ3n) is 6.04. The molecule has 6 heterocycles. The number of pyridine rings is 4. The van der Waals surface area contributed by atoms with E-state index in [0.717, 1.165) is 11.1 Å². The van der Waals surface area contributed by atoms with Crippen LogP contribution in [-0.4, -0.2) is 46.0 Å². The van der Waals surface area contributed by atoms with Crippen LogP contribution < -0.4 is 5.32 Å². The number of rotatable bonds is 6. The Morgan fingerprint density at radius 1 is 1.00 bits per heavy atom. The highest BCUT2D eigenvalue weighted by Crippen LogP contribution is 2.34. The number of aromatic nitrogens is 8. The fourth-order valence-electron chi connectivity index (χ4n) is 4.36. The summed E-state index contributed by atoms with van der Waals surface area (Å²) in [5, 5.41) is 10.2. The zero-order valence-electron chi connectivity index (χ0n) is 20.5. The van der Waals surface area contributed by atoms with Crippen molar-refractivity contribution < 1.29 is 9.18 Å². The van der Waals surface area contributed by atoms with Crippen LogP contribution in [0.4, 0.5) is 10.1 Å². The van der Waals surface area contributed by atoms with Gasteiger partial charge in [-0.15, -0.1) is 0 Å². The number of nitrogens with one attached hydrogen (secondary N) is 3. The quantitative estimate of drug-likeness (QED) is 0.284. The Labute approximate surface area is 215 Å². The second-order valence-corrected chi connectivity index (χ2v) is 9.27. The van der Waals surface area contributed by atoms with Gasteiger partial charge in [0.15, 0.2) is 17.3 Å². The number of carbonyl (C=O) groups is 1. The number of halogens is 1. The maximum absolute atomic E-state index is 16.0. The van der Waals surface area contributed by atoms with Crippen molar-refractivity contribution in [1.82, 2.24) is 40.1 Å². The number of hydrogen-bond acceptors (Lipinski definition) is 7. The van der Waals surface area contributed by atoms with Gasteiger partial charge in [-0.05, 0) is 35.7 Å². The molecule has 0 unspecified atom stereocenters. The van der Waals surface area contributed by atoms with E-state index in [0.29, 0.717) is 45.9 Å². The van der Waals surface area contributed by atoms with Gasteiger partial charge in [0.05, 0.1) is 34.5 Å². The molecule has 6 aromatic rings. The van der Waals surface area contributed by atoms with Crippen molar-refractivity contribution in [2.75, 3.05) is 5.32 Å². The number of imidazole rings is 1. The summed E-state index contributed by atoms with van der Waals surface area (Å²) in [6.07, 6.45) is 10.00. The second-order valence-electron chi connectivity index (χ2n) is 9.27. The Bertz CT molecular complexity index is 1790. The van der Waals surface area contributed by atoms with Crippen LogP contribution in [0.15, 0.2) is 61.4 Å². The number of H-pyrrole nitrogens is 2. The van der Waals surface area contributed by atoms with E-state index in [1.165, 1.54) is 18.6 Å². The molecule has 0 saturated carbocycles. The van der Waals surface area contributed by atoms with Gasteiger partial charge in [0.1, 0.15) is 11.4 Å². The molecular formula is C27H22FN9O. The first-order valence-corrected chi connectivity index (χ1v) is 12.0. The molecule has 6 aromatic heterocycles. The molecule has 0 aromatic carbocycles. The van der Waals surface area contributed by atoms with Gasteiger partial charge in [-0.25, -0.2) is 14.4 Å². The molecule has 11 heteroatoms. The van der Waals surface area contributed by atoms with Gasteiger partial charge >= 0.3 is 0 Å². The largest absolute Gasteiger partial charge is 0.335 e. The molecule has 38 heavy (non-hydrogen) atoms. The summed E-state index contributed by atoms with van der Waals surface area (Å²) >= 11 is 0. The molecule has 0 saturated heterocycles. The molecule has 6 rings (SSSR count). The second kappa shape index (κ2) is 9.43. The first kappa shape index (κ1) is 23.3. The molecule has 1 amide bonds. The Kier molecular flexibility index (Phi) is 5.79. The summed E-state index contributed by atoms with van der Waals surface area (Å²) in [6, 6.07) is 7.31. The van der Waals surface area contributed by atoms with E-state index >= 15 is 4.39 Å². The van der Waals surface area contributed by atoms with Gasteiger partial charge in [0.25, 0.3) is 0 Å². The topological polar surface area (TPSA) is 138 Å². The predicted molar refractivity (Wildman–Crippen MR) is 141 cm³/mol. The predicted octanol–water partition coefficient (Wildman–Crippen LogP) is 5.14. The van der Waals surface area contributed by atoms with Gasteiger partial charge in [0.2, 0.25) is 5.91 Å². The zero-order valence-corrected chi connectivity index (χ0v) is 20.5. The smallest absolute Gasteiger partial charge is 0.224 e. The van der Waals surface area contributed by atoms with Gasteiger partial charge in [-0.3, -0.25) is 24.8 Å². The Morgan fingerprint density at radius 3 is 2.66 bits per heavy atom. The number of nitrogens with zero attached hydrogens (tertiary/aromatic N) is 6. The van der Waals surface area contributed by atoms with E-state index in [1.807, 2.05) is 32.0 Å². The molecule has 0 aliphatic heterocycles. The summed E-state index contributed by atoms with van der Waals surface area (Å²) < 4.78 is 16.0. The lowest BCUT2D eigenvalue weighted by atomic mass is 10.1. The fourth-order valence-corrected chi connectivity index (χ4v) is 4.36. The van der Waals surface area contributed by atoms with E-state index in [2.05, 4.69) is 45.4 Å². The van der Waals surface area contributed by atoms with Crippen molar-refractivity contribution in [1.29, 1.82) is 0 Å². The van der Waals surface area contributed by atoms with Crippen molar-refractivity contribution in [3.8, 4) is 33.9 Å². The maximum Gasteiger partial charge on any atom is 0.224 e. The van der Waals surface area contributed by atoms with Crippen LogP contribution in [0, 0.1) is 11.7 Å². The van der Waals surface area contributed by atoms with Gasteiger partial charge < -0.3 is 10.3 Å². The third-order valence-corrected chi connectivity index (χ3v) is 6.04. The van der Waals surface area contributed by atoms with Crippen molar-refractivity contribution in [3.05, 3.63) is 67.3 Å². The van der Waals surface area contributed by atoms with E-state index < -0.39 is 5.82 Å². The molecular weight excluding hydrogens is 485 g/mol. The van der Waals surface area contributed by atoms with E-state index in [-0.39, 0.29) is 22.9 Å². The third kappa shape index (κ3) is 4.23. The molecule has 0 spiro atoms. The normalized spacial score (nSPS) is 11.5. The number of amides is 1. The Morgan fingerprint density at radius 2 is 1.84 bits per heavy atom. The molecule has 10 nitrogen and oxygen atoms in total. The monoisotopic (exact) mass is 507 g/mol. The van der Waals surface area contributed by atoms with Crippen LogP contribution in [0.25, 0.3) is 56.0 Å². The number of anilines is 1. The van der Waals surface area contributed by atoms with Crippen molar-refractivity contribution in [2.45, 2.75) is 20.3 Å². The van der Waals surface area contributed by atoms with E-state index in [9.17, 15) is 4.79 Å². The average Bonchev–Trinajstić information content (AvgIpc) is 3.54. The minimum absolute atomic E-state index is 0.0827. The summed E-state index contributed by atoms with van der Waals surface area (Å²) in [6.45, 7) is 3.92. The number of fused-ring (bicyclic) bond motifs is 2. The zero-order chi connectivity index (χ0) is 26.2. The highest BCUT2D eigenvalue weighted by atomic mass is 19.1. The molecule has 0 atom stereocenters. The first-order valence-electron chi connectivity index (χ1n) is 12.0. The summed E-state index contributed by atoms with van der Waals surface area (Å²) in [5.41, 5.74) is 4.70. The standard InChI is InChI=1S/C27H22FN9O/c1-14(2)9-20(38)33-17-10-16(11-30-12-17)23-22(28)21-19(13-32-23)36-37-25(21)27-34-24-18(5-8-31-26(24)35-27)15-3-6-29-7-4-15/h3-8,10-14H,9H2,1-2H3,(H,33,38)(H,36,37)(H,31,34,35). The van der Waals surface area contributed by atoms with Crippen LogP contribution >= 0.6 is 0 Å².